The Morgan fingerprint density at radius 1 is 1.08 bits per heavy atom. The molecule has 0 amide bonds. The van der Waals surface area contributed by atoms with E-state index in [0.29, 0.717) is 17.1 Å². The van der Waals surface area contributed by atoms with E-state index >= 15 is 0 Å². The summed E-state index contributed by atoms with van der Waals surface area (Å²) < 4.78 is 15.5. The van der Waals surface area contributed by atoms with Crippen LogP contribution in [0.2, 0.25) is 0 Å². The van der Waals surface area contributed by atoms with Gasteiger partial charge in [0.15, 0.2) is 11.5 Å². The maximum atomic E-state index is 11.5. The first-order valence-corrected chi connectivity index (χ1v) is 9.02. The highest BCUT2D eigenvalue weighted by Gasteiger charge is 2.15. The number of carbonyl (C=O) groups excluding carboxylic acids is 1. The van der Waals surface area contributed by atoms with E-state index in [0.717, 1.165) is 28.4 Å². The van der Waals surface area contributed by atoms with Gasteiger partial charge in [0.25, 0.3) is 0 Å². The first-order valence-electron chi connectivity index (χ1n) is 7.90. The van der Waals surface area contributed by atoms with Crippen LogP contribution >= 0.6 is 15.9 Å². The van der Waals surface area contributed by atoms with Crippen LogP contribution in [0.1, 0.15) is 33.5 Å². The molecule has 0 fully saturated rings. The van der Waals surface area contributed by atoms with Crippen molar-refractivity contribution in [3.05, 3.63) is 58.7 Å². The fourth-order valence-electron chi connectivity index (χ4n) is 2.30. The number of halogens is 1. The molecule has 0 spiro atoms. The molecule has 0 aromatic heterocycles. The number of esters is 1. The molecule has 0 atom stereocenters. The molecule has 0 unspecified atom stereocenters. The lowest BCUT2D eigenvalue weighted by Crippen LogP contribution is -2.00. The molecule has 2 aromatic carbocycles. The Labute approximate surface area is 160 Å². The molecule has 26 heavy (non-hydrogen) atoms. The number of benzene rings is 2. The third-order valence-corrected chi connectivity index (χ3v) is 4.00. The van der Waals surface area contributed by atoms with E-state index in [1.165, 1.54) is 7.11 Å². The average Bonchev–Trinajstić information content (AvgIpc) is 3.13. The Morgan fingerprint density at radius 3 is 2.35 bits per heavy atom. The second-order valence-corrected chi connectivity index (χ2v) is 6.10. The molecule has 130 valence electrons. The minimum atomic E-state index is -0.371. The molecule has 1 aliphatic rings. The number of ether oxygens (including phenoxy) is 3. The van der Waals surface area contributed by atoms with Gasteiger partial charge in [-0.05, 0) is 24.3 Å². The van der Waals surface area contributed by atoms with E-state index in [1.54, 1.807) is 24.3 Å². The topological polar surface area (TPSA) is 44.8 Å². The van der Waals surface area contributed by atoms with Crippen molar-refractivity contribution < 1.29 is 19.0 Å². The molecular weight excluding hydrogens is 396 g/mol. The maximum absolute atomic E-state index is 11.5. The van der Waals surface area contributed by atoms with Crippen molar-refractivity contribution in [2.45, 2.75) is 6.42 Å². The van der Waals surface area contributed by atoms with Crippen molar-refractivity contribution in [2.75, 3.05) is 19.2 Å². The zero-order valence-corrected chi connectivity index (χ0v) is 15.7. The highest BCUT2D eigenvalue weighted by molar-refractivity contribution is 9.09. The largest absolute Gasteiger partial charge is 0.465 e. The Hall–Kier alpha value is -2.89. The molecule has 2 aromatic rings. The molecule has 0 N–H and O–H groups in total. The third-order valence-electron chi connectivity index (χ3n) is 3.60. The van der Waals surface area contributed by atoms with Gasteiger partial charge in [0.2, 0.25) is 6.79 Å². The molecule has 3 rings (SSSR count). The molecule has 1 aliphatic heterocycles. The number of hydrogen-bond donors (Lipinski definition) is 0. The monoisotopic (exact) mass is 410 g/mol. The number of hydrogen-bond acceptors (Lipinski definition) is 4. The van der Waals surface area contributed by atoms with Gasteiger partial charge < -0.3 is 14.2 Å². The van der Waals surface area contributed by atoms with Crippen LogP contribution in [0.3, 0.4) is 0 Å². The summed E-state index contributed by atoms with van der Waals surface area (Å²) in [7, 11) is 1.35. The third kappa shape index (κ3) is 4.20. The van der Waals surface area contributed by atoms with E-state index in [4.69, 9.17) is 14.2 Å². The predicted octanol–water partition coefficient (Wildman–Crippen LogP) is 3.74. The van der Waals surface area contributed by atoms with E-state index in [-0.39, 0.29) is 12.8 Å². The summed E-state index contributed by atoms with van der Waals surface area (Å²) in [6.07, 6.45) is 0.746. The van der Waals surface area contributed by atoms with E-state index in [2.05, 4.69) is 39.6 Å². The van der Waals surface area contributed by atoms with Gasteiger partial charge in [-0.15, -0.1) is 0 Å². The summed E-state index contributed by atoms with van der Waals surface area (Å²) >= 11 is 3.37. The van der Waals surface area contributed by atoms with Gasteiger partial charge in [-0.2, -0.15) is 0 Å². The summed E-state index contributed by atoms with van der Waals surface area (Å²) in [5, 5.41) is 0.818. The Balaban J connectivity index is 1.91. The van der Waals surface area contributed by atoms with Gasteiger partial charge in [-0.3, -0.25) is 0 Å². The number of methoxy groups -OCH3 is 1. The number of fused-ring (bicyclic) bond motifs is 1. The number of carbonyl (C=O) groups is 1. The summed E-state index contributed by atoms with van der Waals surface area (Å²) in [6.45, 7) is 0.204. The smallest absolute Gasteiger partial charge is 0.337 e. The van der Waals surface area contributed by atoms with E-state index in [9.17, 15) is 4.79 Å². The minimum absolute atomic E-state index is 0.204. The van der Waals surface area contributed by atoms with Crippen LogP contribution in [0.15, 0.2) is 36.4 Å². The Morgan fingerprint density at radius 2 is 1.73 bits per heavy atom. The van der Waals surface area contributed by atoms with Gasteiger partial charge in [-0.25, -0.2) is 4.79 Å². The number of rotatable bonds is 2. The fourth-order valence-corrected chi connectivity index (χ4v) is 2.50. The van der Waals surface area contributed by atoms with Crippen LogP contribution in [0.4, 0.5) is 0 Å². The molecule has 0 bridgehead atoms. The van der Waals surface area contributed by atoms with Crippen molar-refractivity contribution in [3.8, 4) is 35.2 Å². The van der Waals surface area contributed by atoms with Crippen molar-refractivity contribution >= 4 is 21.9 Å². The van der Waals surface area contributed by atoms with E-state index in [1.807, 2.05) is 12.1 Å². The lowest BCUT2D eigenvalue weighted by molar-refractivity contribution is 0.0600. The Kier molecular flexibility index (Phi) is 5.84. The molecule has 5 heteroatoms. The van der Waals surface area contributed by atoms with Crippen LogP contribution in [-0.4, -0.2) is 25.2 Å². The van der Waals surface area contributed by atoms with Crippen LogP contribution in [-0.2, 0) is 4.74 Å². The lowest BCUT2D eigenvalue weighted by atomic mass is 10.1. The molecule has 0 saturated heterocycles. The van der Waals surface area contributed by atoms with Gasteiger partial charge >= 0.3 is 5.97 Å². The normalized spacial score (nSPS) is 11.0. The second-order valence-electron chi connectivity index (χ2n) is 5.31. The highest BCUT2D eigenvalue weighted by Crippen LogP contribution is 2.34. The van der Waals surface area contributed by atoms with Gasteiger partial charge in [-0.1, -0.05) is 39.6 Å². The van der Waals surface area contributed by atoms with Crippen molar-refractivity contribution in [1.82, 2.24) is 0 Å². The fraction of sp³-hybridized carbons (Fsp3) is 0.190. The summed E-state index contributed by atoms with van der Waals surface area (Å²) in [5.41, 5.74) is 2.85. The van der Waals surface area contributed by atoms with Crippen molar-refractivity contribution in [2.24, 2.45) is 0 Å². The molecular formula is C21H15BrO4. The lowest BCUT2D eigenvalue weighted by Gasteiger charge is -2.01. The molecule has 4 nitrogen and oxygen atoms in total. The predicted molar refractivity (Wildman–Crippen MR) is 102 cm³/mol. The SMILES string of the molecule is COC(=O)c1ccc(C#Cc2cc3c(cc2C#CCCBr)OCO3)cc1. The summed E-state index contributed by atoms with van der Waals surface area (Å²) in [4.78, 5) is 11.5. The quantitative estimate of drug-likeness (QED) is 0.429. The van der Waals surface area contributed by atoms with Crippen molar-refractivity contribution in [3.63, 3.8) is 0 Å². The molecule has 0 saturated carbocycles. The number of alkyl halides is 1. The minimum Gasteiger partial charge on any atom is -0.465 e. The van der Waals surface area contributed by atoms with Gasteiger partial charge in [0.1, 0.15) is 0 Å². The Bertz CT molecular complexity index is 940. The van der Waals surface area contributed by atoms with Crippen LogP contribution < -0.4 is 9.47 Å². The molecule has 1 heterocycles. The van der Waals surface area contributed by atoms with Crippen molar-refractivity contribution in [1.29, 1.82) is 0 Å². The molecule has 0 aliphatic carbocycles. The standard InChI is InChI=1S/C21H15BrO4/c1-24-21(23)16-8-5-15(6-9-16)7-10-18-13-20-19(25-14-26-20)12-17(18)4-2-3-11-22/h5-6,8-9,12-13H,3,11,14H2,1H3. The zero-order chi connectivity index (χ0) is 18.4. The van der Waals surface area contributed by atoms with Gasteiger partial charge in [0, 0.05) is 40.6 Å². The first kappa shape index (κ1) is 17.9. The highest BCUT2D eigenvalue weighted by atomic mass is 79.9. The van der Waals surface area contributed by atoms with Crippen LogP contribution in [0.5, 0.6) is 11.5 Å². The zero-order valence-electron chi connectivity index (χ0n) is 14.1. The first-order chi connectivity index (χ1) is 12.7. The van der Waals surface area contributed by atoms with Crippen LogP contribution in [0, 0.1) is 23.7 Å². The van der Waals surface area contributed by atoms with E-state index < -0.39 is 0 Å². The average molecular weight is 411 g/mol. The van der Waals surface area contributed by atoms with Crippen LogP contribution in [0.25, 0.3) is 0 Å². The summed E-state index contributed by atoms with van der Waals surface area (Å²) in [6, 6.07) is 10.6. The summed E-state index contributed by atoms with van der Waals surface area (Å²) in [5.74, 6) is 13.4. The molecule has 0 radical (unpaired) electrons. The second kappa shape index (κ2) is 8.47. The maximum Gasteiger partial charge on any atom is 0.337 e. The van der Waals surface area contributed by atoms with Gasteiger partial charge in [0.05, 0.1) is 12.7 Å².